The van der Waals surface area contributed by atoms with Crippen molar-refractivity contribution in [1.82, 2.24) is 5.32 Å². The fourth-order valence-corrected chi connectivity index (χ4v) is 0.706. The number of carbonyl (C=O) groups is 2. The van der Waals surface area contributed by atoms with E-state index < -0.39 is 0 Å². The Labute approximate surface area is 73.5 Å². The van der Waals surface area contributed by atoms with Crippen LogP contribution < -0.4 is 5.32 Å². The molecule has 0 unspecified atom stereocenters. The SMILES string of the molecule is CCC(=O)CCNC(=O)C(C)C. The molecule has 0 aromatic carbocycles. The minimum atomic E-state index is 0.00160. The van der Waals surface area contributed by atoms with Gasteiger partial charge in [0.15, 0.2) is 0 Å². The van der Waals surface area contributed by atoms with Crippen LogP contribution in [-0.4, -0.2) is 18.2 Å². The van der Waals surface area contributed by atoms with Gasteiger partial charge >= 0.3 is 0 Å². The lowest BCUT2D eigenvalue weighted by Gasteiger charge is -2.05. The number of Topliss-reactive ketones (excluding diaryl/α,β-unsaturated/α-hetero) is 1. The molecule has 1 amide bonds. The highest BCUT2D eigenvalue weighted by Crippen LogP contribution is 1.91. The Balaban J connectivity index is 3.44. The predicted molar refractivity (Wildman–Crippen MR) is 47.8 cm³/mol. The molecule has 0 aliphatic heterocycles. The molecule has 12 heavy (non-hydrogen) atoms. The lowest BCUT2D eigenvalue weighted by atomic mass is 10.2. The monoisotopic (exact) mass is 171 g/mol. The molecule has 70 valence electrons. The molecule has 3 heteroatoms. The molecule has 0 saturated carbocycles. The number of carbonyl (C=O) groups excluding carboxylic acids is 2. The normalized spacial score (nSPS) is 10.0. The van der Waals surface area contributed by atoms with Crippen LogP contribution >= 0.6 is 0 Å². The van der Waals surface area contributed by atoms with E-state index in [1.807, 2.05) is 20.8 Å². The Morgan fingerprint density at radius 3 is 2.33 bits per heavy atom. The van der Waals surface area contributed by atoms with Crippen molar-refractivity contribution in [2.24, 2.45) is 5.92 Å². The lowest BCUT2D eigenvalue weighted by Crippen LogP contribution is -2.29. The lowest BCUT2D eigenvalue weighted by molar-refractivity contribution is -0.124. The fraction of sp³-hybridized carbons (Fsp3) is 0.778. The molecular weight excluding hydrogens is 154 g/mol. The first kappa shape index (κ1) is 11.1. The third kappa shape index (κ3) is 4.88. The predicted octanol–water partition coefficient (Wildman–Crippen LogP) is 1.13. The average Bonchev–Trinajstić information content (AvgIpc) is 2.03. The molecule has 0 aromatic heterocycles. The first-order valence-electron chi connectivity index (χ1n) is 4.37. The highest BCUT2D eigenvalue weighted by Gasteiger charge is 2.05. The molecule has 0 spiro atoms. The van der Waals surface area contributed by atoms with Crippen molar-refractivity contribution in [2.75, 3.05) is 6.54 Å². The van der Waals surface area contributed by atoms with E-state index >= 15 is 0 Å². The molecule has 1 N–H and O–H groups in total. The molecule has 3 nitrogen and oxygen atoms in total. The summed E-state index contributed by atoms with van der Waals surface area (Å²) in [6, 6.07) is 0. The van der Waals surface area contributed by atoms with Gasteiger partial charge in [0.05, 0.1) is 0 Å². The number of hydrogen-bond donors (Lipinski definition) is 1. The van der Waals surface area contributed by atoms with Crippen molar-refractivity contribution in [2.45, 2.75) is 33.6 Å². The van der Waals surface area contributed by atoms with E-state index in [0.717, 1.165) is 0 Å². The number of amides is 1. The maximum atomic E-state index is 11.0. The number of hydrogen-bond acceptors (Lipinski definition) is 2. The molecule has 0 fully saturated rings. The molecule has 0 rings (SSSR count). The van der Waals surface area contributed by atoms with Crippen molar-refractivity contribution in [1.29, 1.82) is 0 Å². The summed E-state index contributed by atoms with van der Waals surface area (Å²) in [6.07, 6.45) is 1.01. The van der Waals surface area contributed by atoms with E-state index in [1.54, 1.807) is 0 Å². The molecule has 0 bridgehead atoms. The standard InChI is InChI=1S/C9H17NO2/c1-4-8(11)5-6-10-9(12)7(2)3/h7H,4-6H2,1-3H3,(H,10,12). The summed E-state index contributed by atoms with van der Waals surface area (Å²) in [4.78, 5) is 21.8. The smallest absolute Gasteiger partial charge is 0.222 e. The molecule has 0 radical (unpaired) electrons. The van der Waals surface area contributed by atoms with Crippen LogP contribution in [0.4, 0.5) is 0 Å². The molecule has 0 aliphatic carbocycles. The third-order valence-electron chi connectivity index (χ3n) is 1.62. The van der Waals surface area contributed by atoms with E-state index in [-0.39, 0.29) is 17.6 Å². The van der Waals surface area contributed by atoms with Crippen LogP contribution in [0.3, 0.4) is 0 Å². The zero-order chi connectivity index (χ0) is 9.56. The summed E-state index contributed by atoms with van der Waals surface area (Å²) in [5, 5.41) is 2.69. The van der Waals surface area contributed by atoms with Gasteiger partial charge in [-0.15, -0.1) is 0 Å². The Bertz CT molecular complexity index is 164. The van der Waals surface area contributed by atoms with Gasteiger partial charge in [0.1, 0.15) is 5.78 Å². The van der Waals surface area contributed by atoms with Crippen LogP contribution in [-0.2, 0) is 9.59 Å². The van der Waals surface area contributed by atoms with Crippen LogP contribution in [0.1, 0.15) is 33.6 Å². The van der Waals surface area contributed by atoms with Crippen molar-refractivity contribution in [3.63, 3.8) is 0 Å². The fourth-order valence-electron chi connectivity index (χ4n) is 0.706. The van der Waals surface area contributed by atoms with E-state index in [4.69, 9.17) is 0 Å². The molecular formula is C9H17NO2. The maximum absolute atomic E-state index is 11.0. The molecule has 0 atom stereocenters. The van der Waals surface area contributed by atoms with Crippen LogP contribution in [0, 0.1) is 5.92 Å². The maximum Gasteiger partial charge on any atom is 0.222 e. The summed E-state index contributed by atoms with van der Waals surface area (Å²) in [7, 11) is 0. The van der Waals surface area contributed by atoms with Gasteiger partial charge in [-0.3, -0.25) is 9.59 Å². The van der Waals surface area contributed by atoms with Crippen molar-refractivity contribution >= 4 is 11.7 Å². The zero-order valence-electron chi connectivity index (χ0n) is 8.02. The topological polar surface area (TPSA) is 46.2 Å². The summed E-state index contributed by atoms with van der Waals surface area (Å²) in [6.45, 7) is 5.96. The van der Waals surface area contributed by atoms with Gasteiger partial charge in [0.2, 0.25) is 5.91 Å². The minimum absolute atomic E-state index is 0.00160. The van der Waals surface area contributed by atoms with Gasteiger partial charge in [-0.25, -0.2) is 0 Å². The van der Waals surface area contributed by atoms with Crippen LogP contribution in [0.25, 0.3) is 0 Å². The molecule has 0 heterocycles. The average molecular weight is 171 g/mol. The molecule has 0 saturated heterocycles. The van der Waals surface area contributed by atoms with E-state index in [2.05, 4.69) is 5.32 Å². The van der Waals surface area contributed by atoms with E-state index in [1.165, 1.54) is 0 Å². The number of nitrogens with one attached hydrogen (secondary N) is 1. The van der Waals surface area contributed by atoms with Gasteiger partial charge in [-0.05, 0) is 0 Å². The quantitative estimate of drug-likeness (QED) is 0.674. The van der Waals surface area contributed by atoms with Gasteiger partial charge in [0.25, 0.3) is 0 Å². The largest absolute Gasteiger partial charge is 0.355 e. The third-order valence-corrected chi connectivity index (χ3v) is 1.62. The summed E-state index contributed by atoms with van der Waals surface area (Å²) >= 11 is 0. The van der Waals surface area contributed by atoms with Crippen LogP contribution in [0.5, 0.6) is 0 Å². The molecule has 0 aliphatic rings. The van der Waals surface area contributed by atoms with E-state index in [0.29, 0.717) is 19.4 Å². The Morgan fingerprint density at radius 1 is 1.33 bits per heavy atom. The number of rotatable bonds is 5. The van der Waals surface area contributed by atoms with Gasteiger partial charge in [-0.2, -0.15) is 0 Å². The van der Waals surface area contributed by atoms with Crippen molar-refractivity contribution in [3.05, 3.63) is 0 Å². The molecule has 0 aromatic rings. The highest BCUT2D eigenvalue weighted by atomic mass is 16.2. The summed E-state index contributed by atoms with van der Waals surface area (Å²) < 4.78 is 0. The second-order valence-electron chi connectivity index (χ2n) is 3.09. The van der Waals surface area contributed by atoms with Gasteiger partial charge < -0.3 is 5.32 Å². The summed E-state index contributed by atoms with van der Waals surface area (Å²) in [5.41, 5.74) is 0. The highest BCUT2D eigenvalue weighted by molar-refractivity contribution is 5.80. The Hall–Kier alpha value is -0.860. The van der Waals surface area contributed by atoms with Gasteiger partial charge in [0, 0.05) is 25.3 Å². The van der Waals surface area contributed by atoms with Crippen LogP contribution in [0.2, 0.25) is 0 Å². The Morgan fingerprint density at radius 2 is 1.92 bits per heavy atom. The second-order valence-corrected chi connectivity index (χ2v) is 3.09. The van der Waals surface area contributed by atoms with Gasteiger partial charge in [-0.1, -0.05) is 20.8 Å². The zero-order valence-corrected chi connectivity index (χ0v) is 8.02. The van der Waals surface area contributed by atoms with Crippen molar-refractivity contribution in [3.8, 4) is 0 Å². The number of ketones is 1. The first-order valence-corrected chi connectivity index (χ1v) is 4.37. The first-order chi connectivity index (χ1) is 5.57. The summed E-state index contributed by atoms with van der Waals surface area (Å²) in [5.74, 6) is 0.208. The Kier molecular flexibility index (Phi) is 5.34. The minimum Gasteiger partial charge on any atom is -0.355 e. The van der Waals surface area contributed by atoms with Crippen molar-refractivity contribution < 1.29 is 9.59 Å². The van der Waals surface area contributed by atoms with E-state index in [9.17, 15) is 9.59 Å². The van der Waals surface area contributed by atoms with Crippen LogP contribution in [0.15, 0.2) is 0 Å². The second kappa shape index (κ2) is 5.75.